The van der Waals surface area contributed by atoms with E-state index in [1.807, 2.05) is 37.3 Å². The molecule has 1 aromatic rings. The summed E-state index contributed by atoms with van der Waals surface area (Å²) in [6.07, 6.45) is 1.37. The largest absolute Gasteiger partial charge is 0.491 e. The monoisotopic (exact) mass is 369 g/mol. The van der Waals surface area contributed by atoms with Gasteiger partial charge in [0.2, 0.25) is 5.91 Å². The third-order valence-corrected chi connectivity index (χ3v) is 6.08. The molecule has 1 aromatic carbocycles. The van der Waals surface area contributed by atoms with Crippen LogP contribution in [-0.4, -0.2) is 62.8 Å². The lowest BCUT2D eigenvalue weighted by molar-refractivity contribution is -0.126. The molecule has 25 heavy (non-hydrogen) atoms. The molecule has 1 aliphatic rings. The number of nitrogens with one attached hydrogen (secondary N) is 1. The number of carbonyl (C=O) groups is 1. The van der Waals surface area contributed by atoms with E-state index in [2.05, 4.69) is 5.32 Å². The van der Waals surface area contributed by atoms with Crippen LogP contribution in [0.3, 0.4) is 0 Å². The summed E-state index contributed by atoms with van der Waals surface area (Å²) in [6.45, 7) is 2.91. The molecule has 0 spiro atoms. The third kappa shape index (κ3) is 5.42. The van der Waals surface area contributed by atoms with Gasteiger partial charge in [0.25, 0.3) is 10.2 Å². The Morgan fingerprint density at radius 1 is 1.36 bits per heavy atom. The van der Waals surface area contributed by atoms with E-state index in [0.29, 0.717) is 26.0 Å². The molecule has 1 heterocycles. The molecule has 1 amide bonds. The molecule has 8 heteroatoms. The van der Waals surface area contributed by atoms with Gasteiger partial charge in [0.05, 0.1) is 12.0 Å². The van der Waals surface area contributed by atoms with Crippen LogP contribution in [0, 0.1) is 5.92 Å². The molecule has 2 atom stereocenters. The molecular weight excluding hydrogens is 342 g/mol. The summed E-state index contributed by atoms with van der Waals surface area (Å²) >= 11 is 0. The Labute approximate surface area is 150 Å². The average Bonchev–Trinajstić information content (AvgIpc) is 2.60. The van der Waals surface area contributed by atoms with Crippen molar-refractivity contribution in [1.29, 1.82) is 0 Å². The fourth-order valence-electron chi connectivity index (χ4n) is 2.74. The number of carbonyl (C=O) groups excluding carboxylic acids is 1. The van der Waals surface area contributed by atoms with Crippen LogP contribution >= 0.6 is 0 Å². The van der Waals surface area contributed by atoms with Crippen molar-refractivity contribution in [2.24, 2.45) is 5.92 Å². The maximum absolute atomic E-state index is 12.5. The van der Waals surface area contributed by atoms with Gasteiger partial charge in [-0.05, 0) is 31.9 Å². The SMILES string of the molecule is C[C@H](COc1ccccc1)NC(=O)[C@@H]1CCCN(S(=O)(=O)N(C)C)C1. The molecular formula is C17H27N3O4S. The predicted molar refractivity (Wildman–Crippen MR) is 96.4 cm³/mol. The van der Waals surface area contributed by atoms with Crippen LogP contribution in [0.4, 0.5) is 0 Å². The third-order valence-electron chi connectivity index (χ3n) is 4.17. The lowest BCUT2D eigenvalue weighted by Gasteiger charge is -2.33. The first kappa shape index (κ1) is 19.7. The van der Waals surface area contributed by atoms with Crippen LogP contribution in [0.5, 0.6) is 5.75 Å². The van der Waals surface area contributed by atoms with Crippen molar-refractivity contribution in [2.45, 2.75) is 25.8 Å². The fraction of sp³-hybridized carbons (Fsp3) is 0.588. The molecule has 0 unspecified atom stereocenters. The van der Waals surface area contributed by atoms with Crippen molar-refractivity contribution in [1.82, 2.24) is 13.9 Å². The summed E-state index contributed by atoms with van der Waals surface area (Å²) in [5.74, 6) is 0.301. The van der Waals surface area contributed by atoms with Gasteiger partial charge in [-0.25, -0.2) is 0 Å². The maximum atomic E-state index is 12.5. The predicted octanol–water partition coefficient (Wildman–Crippen LogP) is 1.09. The fourth-order valence-corrected chi connectivity index (χ4v) is 3.93. The van der Waals surface area contributed by atoms with Crippen LogP contribution < -0.4 is 10.1 Å². The van der Waals surface area contributed by atoms with Gasteiger partial charge < -0.3 is 10.1 Å². The molecule has 0 radical (unpaired) electrons. The van der Waals surface area contributed by atoms with Crippen molar-refractivity contribution in [2.75, 3.05) is 33.8 Å². The second kappa shape index (κ2) is 8.64. The van der Waals surface area contributed by atoms with Crippen LogP contribution in [0.25, 0.3) is 0 Å². The van der Waals surface area contributed by atoms with E-state index in [4.69, 9.17) is 4.74 Å². The van der Waals surface area contributed by atoms with Crippen LogP contribution in [-0.2, 0) is 15.0 Å². The van der Waals surface area contributed by atoms with E-state index in [9.17, 15) is 13.2 Å². The Bertz CT molecular complexity index is 664. The summed E-state index contributed by atoms with van der Waals surface area (Å²) in [5, 5.41) is 2.92. The second-order valence-electron chi connectivity index (χ2n) is 6.52. The minimum absolute atomic E-state index is 0.122. The lowest BCUT2D eigenvalue weighted by atomic mass is 9.98. The van der Waals surface area contributed by atoms with Gasteiger partial charge in [-0.2, -0.15) is 17.0 Å². The standard InChI is InChI=1S/C17H27N3O4S/c1-14(13-24-16-9-5-4-6-10-16)18-17(21)15-8-7-11-20(12-15)25(22,23)19(2)3/h4-6,9-10,14-15H,7-8,11-13H2,1-3H3,(H,18,21)/t14-,15-/m1/s1. The summed E-state index contributed by atoms with van der Waals surface area (Å²) < 4.78 is 32.7. The summed E-state index contributed by atoms with van der Waals surface area (Å²) in [6, 6.07) is 9.25. The van der Waals surface area contributed by atoms with Gasteiger partial charge in [-0.3, -0.25) is 4.79 Å². The molecule has 1 fully saturated rings. The molecule has 0 saturated carbocycles. The molecule has 1 N–H and O–H groups in total. The normalized spacial score (nSPS) is 20.2. The van der Waals surface area contributed by atoms with Gasteiger partial charge in [-0.1, -0.05) is 18.2 Å². The quantitative estimate of drug-likeness (QED) is 0.780. The zero-order valence-corrected chi connectivity index (χ0v) is 15.8. The van der Waals surface area contributed by atoms with Gasteiger partial charge in [0.1, 0.15) is 12.4 Å². The maximum Gasteiger partial charge on any atom is 0.281 e. The van der Waals surface area contributed by atoms with E-state index in [1.54, 1.807) is 0 Å². The van der Waals surface area contributed by atoms with Crippen molar-refractivity contribution in [3.8, 4) is 5.75 Å². The van der Waals surface area contributed by atoms with E-state index >= 15 is 0 Å². The number of piperidine rings is 1. The zero-order valence-electron chi connectivity index (χ0n) is 15.0. The van der Waals surface area contributed by atoms with Gasteiger partial charge in [0.15, 0.2) is 0 Å². The topological polar surface area (TPSA) is 79.0 Å². The zero-order chi connectivity index (χ0) is 18.4. The minimum atomic E-state index is -3.48. The highest BCUT2D eigenvalue weighted by Crippen LogP contribution is 2.20. The smallest absolute Gasteiger partial charge is 0.281 e. The molecule has 2 rings (SSSR count). The molecule has 140 valence electrons. The molecule has 1 aliphatic heterocycles. The number of benzene rings is 1. The number of rotatable bonds is 7. The van der Waals surface area contributed by atoms with Crippen LogP contribution in [0.2, 0.25) is 0 Å². The molecule has 1 saturated heterocycles. The Morgan fingerprint density at radius 3 is 2.68 bits per heavy atom. The van der Waals surface area contributed by atoms with Gasteiger partial charge in [0, 0.05) is 27.2 Å². The van der Waals surface area contributed by atoms with Crippen LogP contribution in [0.15, 0.2) is 30.3 Å². The molecule has 0 aromatic heterocycles. The summed E-state index contributed by atoms with van der Waals surface area (Å²) in [7, 11) is -0.475. The van der Waals surface area contributed by atoms with Crippen molar-refractivity contribution in [3.05, 3.63) is 30.3 Å². The van der Waals surface area contributed by atoms with E-state index in [1.165, 1.54) is 22.7 Å². The Morgan fingerprint density at radius 2 is 2.04 bits per heavy atom. The highest BCUT2D eigenvalue weighted by Gasteiger charge is 2.33. The number of hydrogen-bond acceptors (Lipinski definition) is 4. The van der Waals surface area contributed by atoms with Crippen LogP contribution in [0.1, 0.15) is 19.8 Å². The minimum Gasteiger partial charge on any atom is -0.491 e. The van der Waals surface area contributed by atoms with Gasteiger partial charge >= 0.3 is 0 Å². The first-order valence-corrected chi connectivity index (χ1v) is 9.86. The number of amides is 1. The Kier molecular flexibility index (Phi) is 6.80. The molecule has 0 bridgehead atoms. The van der Waals surface area contributed by atoms with E-state index in [0.717, 1.165) is 5.75 Å². The molecule has 0 aliphatic carbocycles. The number of para-hydroxylation sites is 1. The highest BCUT2D eigenvalue weighted by molar-refractivity contribution is 7.86. The van der Waals surface area contributed by atoms with Gasteiger partial charge in [-0.15, -0.1) is 0 Å². The summed E-state index contributed by atoms with van der Waals surface area (Å²) in [5.41, 5.74) is 0. The van der Waals surface area contributed by atoms with Crippen molar-refractivity contribution < 1.29 is 17.9 Å². The number of hydrogen-bond donors (Lipinski definition) is 1. The lowest BCUT2D eigenvalue weighted by Crippen LogP contribution is -2.50. The Hall–Kier alpha value is -1.64. The average molecular weight is 369 g/mol. The highest BCUT2D eigenvalue weighted by atomic mass is 32.2. The first-order valence-electron chi connectivity index (χ1n) is 8.46. The van der Waals surface area contributed by atoms with E-state index < -0.39 is 10.2 Å². The number of ether oxygens (including phenoxy) is 1. The van der Waals surface area contributed by atoms with Crippen molar-refractivity contribution in [3.63, 3.8) is 0 Å². The Balaban J connectivity index is 1.85. The van der Waals surface area contributed by atoms with Crippen molar-refractivity contribution >= 4 is 16.1 Å². The first-order chi connectivity index (χ1) is 11.8. The number of nitrogens with zero attached hydrogens (tertiary/aromatic N) is 2. The second-order valence-corrected chi connectivity index (χ2v) is 8.66. The summed E-state index contributed by atoms with van der Waals surface area (Å²) in [4.78, 5) is 12.5. The molecule has 7 nitrogen and oxygen atoms in total. The van der Waals surface area contributed by atoms with E-state index in [-0.39, 0.29) is 24.4 Å².